The van der Waals surface area contributed by atoms with E-state index in [9.17, 15) is 16.8 Å². The van der Waals surface area contributed by atoms with E-state index in [0.717, 1.165) is 5.56 Å². The van der Waals surface area contributed by atoms with Crippen molar-refractivity contribution in [1.29, 1.82) is 0 Å². The molecule has 0 heterocycles. The Balaban J connectivity index is 1.81. The summed E-state index contributed by atoms with van der Waals surface area (Å²) in [5, 5.41) is 8.36. The molecule has 29 heavy (non-hydrogen) atoms. The van der Waals surface area contributed by atoms with Gasteiger partial charge in [-0.05, 0) is 42.0 Å². The van der Waals surface area contributed by atoms with Gasteiger partial charge in [0.2, 0.25) is 20.0 Å². The molecule has 3 aromatic rings. The second-order valence-electron chi connectivity index (χ2n) is 6.34. The Bertz CT molecular complexity index is 1150. The Morgan fingerprint density at radius 3 is 1.83 bits per heavy atom. The maximum absolute atomic E-state index is 12.6. The third-order valence-corrected chi connectivity index (χ3v) is 6.63. The first-order chi connectivity index (χ1) is 13.8. The molecule has 3 aromatic carbocycles. The largest absolute Gasteiger partial charge is 0.377 e. The molecular weight excluding hydrogens is 410 g/mol. The molecule has 0 saturated heterocycles. The van der Waals surface area contributed by atoms with Crippen molar-refractivity contribution in [2.24, 2.45) is 5.14 Å². The quantitative estimate of drug-likeness (QED) is 0.506. The minimum atomic E-state index is -3.78. The minimum absolute atomic E-state index is 0.00379. The third kappa shape index (κ3) is 5.64. The first-order valence-corrected chi connectivity index (χ1v) is 11.8. The normalized spacial score (nSPS) is 13.0. The molecule has 0 aliphatic rings. The number of hydrogen-bond donors (Lipinski definition) is 3. The van der Waals surface area contributed by atoms with Crippen molar-refractivity contribution >= 4 is 25.7 Å². The van der Waals surface area contributed by atoms with Crippen molar-refractivity contribution in [3.63, 3.8) is 0 Å². The van der Waals surface area contributed by atoms with Gasteiger partial charge in [0.05, 0.1) is 15.8 Å². The average molecular weight is 432 g/mol. The highest BCUT2D eigenvalue weighted by molar-refractivity contribution is 7.89. The van der Waals surface area contributed by atoms with Crippen molar-refractivity contribution < 1.29 is 16.8 Å². The van der Waals surface area contributed by atoms with Crippen molar-refractivity contribution in [3.05, 3.63) is 90.5 Å². The number of nitrogens with one attached hydrogen (secondary N) is 2. The zero-order valence-electron chi connectivity index (χ0n) is 15.4. The molecule has 0 aliphatic carbocycles. The molecule has 7 nitrogen and oxygen atoms in total. The average Bonchev–Trinajstić information content (AvgIpc) is 2.72. The van der Waals surface area contributed by atoms with Gasteiger partial charge in [0, 0.05) is 12.2 Å². The van der Waals surface area contributed by atoms with Gasteiger partial charge in [-0.2, -0.15) is 0 Å². The topological polar surface area (TPSA) is 118 Å². The molecule has 0 amide bonds. The molecule has 0 saturated carbocycles. The van der Waals surface area contributed by atoms with Crippen LogP contribution in [0.3, 0.4) is 0 Å². The van der Waals surface area contributed by atoms with E-state index in [4.69, 9.17) is 5.14 Å². The van der Waals surface area contributed by atoms with E-state index in [1.165, 1.54) is 24.3 Å². The Labute approximate surface area is 170 Å². The predicted octanol–water partition coefficient (Wildman–Crippen LogP) is 2.47. The molecule has 0 aromatic heterocycles. The fourth-order valence-corrected chi connectivity index (χ4v) is 4.34. The predicted molar refractivity (Wildman–Crippen MR) is 112 cm³/mol. The summed E-state index contributed by atoms with van der Waals surface area (Å²) < 4.78 is 50.6. The van der Waals surface area contributed by atoms with Crippen molar-refractivity contribution in [2.75, 3.05) is 11.9 Å². The van der Waals surface area contributed by atoms with Gasteiger partial charge in [-0.1, -0.05) is 48.5 Å². The van der Waals surface area contributed by atoms with Gasteiger partial charge in [0.1, 0.15) is 0 Å². The Hall–Kier alpha value is -2.72. The number of hydrogen-bond acceptors (Lipinski definition) is 5. The maximum atomic E-state index is 12.6. The summed E-state index contributed by atoms with van der Waals surface area (Å²) in [4.78, 5) is 0.188. The van der Waals surface area contributed by atoms with Gasteiger partial charge >= 0.3 is 0 Å². The van der Waals surface area contributed by atoms with Crippen LogP contribution in [0.2, 0.25) is 0 Å². The van der Waals surface area contributed by atoms with Gasteiger partial charge in [-0.15, -0.1) is 0 Å². The SMILES string of the molecule is NS(=O)(=O)c1ccc(NC(CNS(=O)(=O)c2ccccc2)c2ccccc2)cc1. The van der Waals surface area contributed by atoms with Crippen LogP contribution in [-0.2, 0) is 20.0 Å². The van der Waals surface area contributed by atoms with Crippen LogP contribution in [0.1, 0.15) is 11.6 Å². The fourth-order valence-electron chi connectivity index (χ4n) is 2.76. The Morgan fingerprint density at radius 1 is 0.724 bits per heavy atom. The summed E-state index contributed by atoms with van der Waals surface area (Å²) in [5.74, 6) is 0. The first kappa shape index (κ1) is 21.0. The molecule has 3 rings (SSSR count). The van der Waals surface area contributed by atoms with Crippen LogP contribution >= 0.6 is 0 Å². The molecule has 152 valence electrons. The van der Waals surface area contributed by atoms with E-state index in [2.05, 4.69) is 10.0 Å². The number of nitrogens with two attached hydrogens (primary N) is 1. The van der Waals surface area contributed by atoms with Crippen LogP contribution in [0, 0.1) is 0 Å². The lowest BCUT2D eigenvalue weighted by atomic mass is 10.1. The molecule has 9 heteroatoms. The first-order valence-electron chi connectivity index (χ1n) is 8.75. The number of sulfonamides is 2. The molecule has 0 bridgehead atoms. The molecule has 1 atom stereocenters. The van der Waals surface area contributed by atoms with Crippen molar-refractivity contribution in [3.8, 4) is 0 Å². The standard InChI is InChI=1S/C20H21N3O4S2/c21-28(24,25)18-13-11-17(12-14-18)23-20(16-7-3-1-4-8-16)15-22-29(26,27)19-9-5-2-6-10-19/h1-14,20,22-23H,15H2,(H2,21,24,25). The van der Waals surface area contributed by atoms with Crippen LogP contribution in [0.15, 0.2) is 94.7 Å². The molecule has 0 spiro atoms. The van der Waals surface area contributed by atoms with Crippen LogP contribution < -0.4 is 15.2 Å². The lowest BCUT2D eigenvalue weighted by molar-refractivity contribution is 0.576. The number of benzene rings is 3. The van der Waals surface area contributed by atoms with Gasteiger partial charge < -0.3 is 5.32 Å². The zero-order chi connectivity index (χ0) is 20.9. The highest BCUT2D eigenvalue weighted by Gasteiger charge is 2.18. The summed E-state index contributed by atoms with van der Waals surface area (Å²) in [5.41, 5.74) is 1.50. The van der Waals surface area contributed by atoms with E-state index >= 15 is 0 Å². The molecule has 4 N–H and O–H groups in total. The molecule has 0 fully saturated rings. The van der Waals surface area contributed by atoms with Crippen LogP contribution in [0.5, 0.6) is 0 Å². The van der Waals surface area contributed by atoms with E-state index in [0.29, 0.717) is 5.69 Å². The summed E-state index contributed by atoms with van der Waals surface area (Å²) >= 11 is 0. The van der Waals surface area contributed by atoms with E-state index < -0.39 is 20.0 Å². The summed E-state index contributed by atoms with van der Waals surface area (Å²) in [6.07, 6.45) is 0. The molecular formula is C20H21N3O4S2. The third-order valence-electron chi connectivity index (χ3n) is 4.26. The van der Waals surface area contributed by atoms with Gasteiger partial charge in [0.25, 0.3) is 0 Å². The Kier molecular flexibility index (Phi) is 6.33. The van der Waals surface area contributed by atoms with Crippen molar-refractivity contribution in [1.82, 2.24) is 4.72 Å². The highest BCUT2D eigenvalue weighted by atomic mass is 32.2. The molecule has 1 unspecified atom stereocenters. The summed E-state index contributed by atoms with van der Waals surface area (Å²) in [6.45, 7) is 0.0954. The molecule has 0 radical (unpaired) electrons. The summed E-state index contributed by atoms with van der Waals surface area (Å²) in [6, 6.07) is 23.1. The van der Waals surface area contributed by atoms with Gasteiger partial charge in [-0.3, -0.25) is 0 Å². The monoisotopic (exact) mass is 431 g/mol. The number of rotatable bonds is 8. The summed E-state index contributed by atoms with van der Waals surface area (Å²) in [7, 11) is -7.45. The number of anilines is 1. The zero-order valence-corrected chi connectivity index (χ0v) is 17.0. The second kappa shape index (κ2) is 8.75. The fraction of sp³-hybridized carbons (Fsp3) is 0.100. The minimum Gasteiger partial charge on any atom is -0.377 e. The van der Waals surface area contributed by atoms with Crippen LogP contribution in [0.4, 0.5) is 5.69 Å². The van der Waals surface area contributed by atoms with Crippen LogP contribution in [0.25, 0.3) is 0 Å². The lowest BCUT2D eigenvalue weighted by Crippen LogP contribution is -2.31. The van der Waals surface area contributed by atoms with Crippen molar-refractivity contribution in [2.45, 2.75) is 15.8 Å². The lowest BCUT2D eigenvalue weighted by Gasteiger charge is -2.21. The van der Waals surface area contributed by atoms with E-state index in [1.54, 1.807) is 30.3 Å². The maximum Gasteiger partial charge on any atom is 0.240 e. The van der Waals surface area contributed by atoms with Gasteiger partial charge in [-0.25, -0.2) is 26.7 Å². The number of primary sulfonamides is 1. The highest BCUT2D eigenvalue weighted by Crippen LogP contribution is 2.21. The smallest absolute Gasteiger partial charge is 0.240 e. The van der Waals surface area contributed by atoms with E-state index in [-0.39, 0.29) is 22.4 Å². The van der Waals surface area contributed by atoms with E-state index in [1.807, 2.05) is 30.3 Å². The van der Waals surface area contributed by atoms with Crippen LogP contribution in [-0.4, -0.2) is 23.4 Å². The second-order valence-corrected chi connectivity index (χ2v) is 9.67. The molecule has 0 aliphatic heterocycles. The Morgan fingerprint density at radius 2 is 1.28 bits per heavy atom. The van der Waals surface area contributed by atoms with Gasteiger partial charge in [0.15, 0.2) is 0 Å².